The fourth-order valence-corrected chi connectivity index (χ4v) is 4.01. The van der Waals surface area contributed by atoms with E-state index in [1.165, 1.54) is 19.3 Å². The molecule has 3 rings (SSSR count). The third-order valence-corrected chi connectivity index (χ3v) is 5.67. The first-order valence-corrected chi connectivity index (χ1v) is 10.2. The van der Waals surface area contributed by atoms with E-state index in [-0.39, 0.29) is 24.3 Å². The summed E-state index contributed by atoms with van der Waals surface area (Å²) in [5, 5.41) is 12.2. The minimum atomic E-state index is -0.422. The Labute approximate surface area is 161 Å². The predicted octanol–water partition coefficient (Wildman–Crippen LogP) is 3.38. The largest absolute Gasteiger partial charge is 0.459 e. The molecule has 2 aliphatic rings. The van der Waals surface area contributed by atoms with E-state index in [2.05, 4.69) is 5.32 Å². The summed E-state index contributed by atoms with van der Waals surface area (Å²) in [6.07, 6.45) is 6.79. The summed E-state index contributed by atoms with van der Waals surface area (Å²) in [6, 6.07) is 9.85. The van der Waals surface area contributed by atoms with Crippen molar-refractivity contribution in [2.45, 2.75) is 51.9 Å². The third kappa shape index (κ3) is 5.11. The van der Waals surface area contributed by atoms with Crippen molar-refractivity contribution in [2.24, 2.45) is 17.8 Å². The molecule has 1 amide bonds. The van der Waals surface area contributed by atoms with Crippen LogP contribution < -0.4 is 5.32 Å². The lowest BCUT2D eigenvalue weighted by Gasteiger charge is -2.43. The highest BCUT2D eigenvalue weighted by atomic mass is 16.7. The molecule has 0 bridgehead atoms. The molecule has 1 fully saturated rings. The maximum atomic E-state index is 12.7. The van der Waals surface area contributed by atoms with Crippen LogP contribution in [0, 0.1) is 17.8 Å². The van der Waals surface area contributed by atoms with Crippen LogP contribution in [0.25, 0.3) is 0 Å². The predicted molar refractivity (Wildman–Crippen MR) is 104 cm³/mol. The van der Waals surface area contributed by atoms with E-state index in [4.69, 9.17) is 9.47 Å². The first-order valence-electron chi connectivity index (χ1n) is 10.2. The van der Waals surface area contributed by atoms with Crippen LogP contribution >= 0.6 is 0 Å². The lowest BCUT2D eigenvalue weighted by Crippen LogP contribution is -2.43. The number of ether oxygens (including phenoxy) is 2. The summed E-state index contributed by atoms with van der Waals surface area (Å²) < 4.78 is 11.8. The first-order chi connectivity index (χ1) is 13.2. The van der Waals surface area contributed by atoms with Crippen molar-refractivity contribution < 1.29 is 19.4 Å². The number of carbonyl (C=O) groups excluding carboxylic acids is 1. The van der Waals surface area contributed by atoms with Crippen LogP contribution in [0.15, 0.2) is 42.2 Å². The molecule has 148 valence electrons. The number of hydrogen-bond acceptors (Lipinski definition) is 4. The Morgan fingerprint density at radius 3 is 2.70 bits per heavy atom. The van der Waals surface area contributed by atoms with Crippen LogP contribution in [-0.4, -0.2) is 30.5 Å². The highest BCUT2D eigenvalue weighted by Crippen LogP contribution is 2.44. The van der Waals surface area contributed by atoms with Gasteiger partial charge in [0.2, 0.25) is 6.29 Å². The number of aliphatic hydroxyl groups is 1. The van der Waals surface area contributed by atoms with Crippen LogP contribution in [-0.2, 0) is 20.8 Å². The number of benzene rings is 1. The SMILES string of the molecule is CCO[C@@H]1OC(C(=O)NCc2ccccc2)=C[C@H](C2CCC2)[C@@H]1CCCO. The van der Waals surface area contributed by atoms with Crippen molar-refractivity contribution in [3.05, 3.63) is 47.7 Å². The van der Waals surface area contributed by atoms with Gasteiger partial charge in [0.15, 0.2) is 5.76 Å². The molecular formula is C22H31NO4. The molecule has 0 aromatic heterocycles. The lowest BCUT2D eigenvalue weighted by molar-refractivity contribution is -0.178. The van der Waals surface area contributed by atoms with Crippen LogP contribution in [0.2, 0.25) is 0 Å². The number of nitrogens with one attached hydrogen (secondary N) is 1. The maximum Gasteiger partial charge on any atom is 0.286 e. The normalized spacial score (nSPS) is 25.3. The molecule has 27 heavy (non-hydrogen) atoms. The summed E-state index contributed by atoms with van der Waals surface area (Å²) in [5.74, 6) is 1.23. The maximum absolute atomic E-state index is 12.7. The molecule has 1 aliphatic carbocycles. The van der Waals surface area contributed by atoms with Crippen molar-refractivity contribution in [1.82, 2.24) is 5.32 Å². The van der Waals surface area contributed by atoms with Gasteiger partial charge in [0, 0.05) is 25.7 Å². The van der Waals surface area contributed by atoms with E-state index in [9.17, 15) is 9.90 Å². The van der Waals surface area contributed by atoms with Gasteiger partial charge in [0.05, 0.1) is 0 Å². The van der Waals surface area contributed by atoms with Crippen molar-refractivity contribution >= 4 is 5.91 Å². The fraction of sp³-hybridized carbons (Fsp3) is 0.591. The quantitative estimate of drug-likeness (QED) is 0.696. The standard InChI is InChI=1S/C22H31NO4/c1-2-26-22-18(12-7-13-24)19(17-10-6-11-17)14-20(27-22)21(25)23-15-16-8-4-3-5-9-16/h3-5,8-9,14,17-19,22,24H,2,6-7,10-13,15H2,1H3,(H,23,25)/t18-,19+,22+/m0/s1. The summed E-state index contributed by atoms with van der Waals surface area (Å²) in [7, 11) is 0. The minimum absolute atomic E-state index is 0.168. The molecular weight excluding hydrogens is 342 g/mol. The van der Waals surface area contributed by atoms with Gasteiger partial charge in [-0.2, -0.15) is 0 Å². The molecule has 1 heterocycles. The number of rotatable bonds is 9. The first kappa shape index (κ1) is 19.9. The topological polar surface area (TPSA) is 67.8 Å². The number of amides is 1. The molecule has 1 saturated carbocycles. The minimum Gasteiger partial charge on any atom is -0.459 e. The van der Waals surface area contributed by atoms with Crippen LogP contribution in [0.4, 0.5) is 0 Å². The average Bonchev–Trinajstić information content (AvgIpc) is 2.65. The molecule has 0 radical (unpaired) electrons. The zero-order chi connectivity index (χ0) is 19.1. The average molecular weight is 373 g/mol. The summed E-state index contributed by atoms with van der Waals surface area (Å²) in [5.41, 5.74) is 1.06. The zero-order valence-corrected chi connectivity index (χ0v) is 16.1. The monoisotopic (exact) mass is 373 g/mol. The molecule has 1 aromatic rings. The molecule has 1 aromatic carbocycles. The van der Waals surface area contributed by atoms with Gasteiger partial charge >= 0.3 is 0 Å². The van der Waals surface area contributed by atoms with Gasteiger partial charge in [-0.3, -0.25) is 4.79 Å². The van der Waals surface area contributed by atoms with Crippen molar-refractivity contribution in [1.29, 1.82) is 0 Å². The summed E-state index contributed by atoms with van der Waals surface area (Å²) >= 11 is 0. The zero-order valence-electron chi connectivity index (χ0n) is 16.1. The Hall–Kier alpha value is -1.85. The van der Waals surface area contributed by atoms with E-state index < -0.39 is 6.29 Å². The van der Waals surface area contributed by atoms with Gasteiger partial charge in [-0.15, -0.1) is 0 Å². The molecule has 5 heteroatoms. The van der Waals surface area contributed by atoms with E-state index >= 15 is 0 Å². The Kier molecular flexibility index (Phi) is 7.30. The van der Waals surface area contributed by atoms with Gasteiger partial charge in [-0.1, -0.05) is 36.8 Å². The molecule has 1 aliphatic heterocycles. The molecule has 5 nitrogen and oxygen atoms in total. The second-order valence-corrected chi connectivity index (χ2v) is 7.44. The van der Waals surface area contributed by atoms with Crippen molar-refractivity contribution in [2.75, 3.05) is 13.2 Å². The summed E-state index contributed by atoms with van der Waals surface area (Å²) in [6.45, 7) is 3.12. The fourth-order valence-electron chi connectivity index (χ4n) is 4.01. The summed E-state index contributed by atoms with van der Waals surface area (Å²) in [4.78, 5) is 12.7. The Morgan fingerprint density at radius 1 is 1.30 bits per heavy atom. The van der Waals surface area contributed by atoms with E-state index in [1.54, 1.807) is 0 Å². The number of aliphatic hydroxyl groups excluding tert-OH is 1. The number of hydrogen-bond donors (Lipinski definition) is 2. The molecule has 0 unspecified atom stereocenters. The highest BCUT2D eigenvalue weighted by Gasteiger charge is 2.42. The highest BCUT2D eigenvalue weighted by molar-refractivity contribution is 5.91. The second-order valence-electron chi connectivity index (χ2n) is 7.44. The molecule has 3 atom stereocenters. The van der Waals surface area contributed by atoms with Crippen molar-refractivity contribution in [3.8, 4) is 0 Å². The van der Waals surface area contributed by atoms with Gasteiger partial charge < -0.3 is 19.9 Å². The smallest absolute Gasteiger partial charge is 0.286 e. The van der Waals surface area contributed by atoms with E-state index in [0.29, 0.717) is 24.8 Å². The third-order valence-electron chi connectivity index (χ3n) is 5.67. The van der Waals surface area contributed by atoms with Gasteiger partial charge in [0.25, 0.3) is 5.91 Å². The van der Waals surface area contributed by atoms with Crippen molar-refractivity contribution in [3.63, 3.8) is 0 Å². The van der Waals surface area contributed by atoms with Gasteiger partial charge in [-0.05, 0) is 56.1 Å². The van der Waals surface area contributed by atoms with E-state index in [0.717, 1.165) is 18.4 Å². The van der Waals surface area contributed by atoms with Crippen LogP contribution in [0.3, 0.4) is 0 Å². The second kappa shape index (κ2) is 9.90. The Morgan fingerprint density at radius 2 is 2.07 bits per heavy atom. The molecule has 0 saturated heterocycles. The van der Waals surface area contributed by atoms with Gasteiger partial charge in [0.1, 0.15) is 0 Å². The lowest BCUT2D eigenvalue weighted by atomic mass is 9.68. The molecule has 2 N–H and O–H groups in total. The Balaban J connectivity index is 1.72. The number of allylic oxidation sites excluding steroid dienone is 1. The molecule has 0 spiro atoms. The van der Waals surface area contributed by atoms with E-state index in [1.807, 2.05) is 43.3 Å². The van der Waals surface area contributed by atoms with Crippen LogP contribution in [0.1, 0.15) is 44.6 Å². The number of carbonyl (C=O) groups is 1. The Bertz CT molecular complexity index is 626. The van der Waals surface area contributed by atoms with Crippen LogP contribution in [0.5, 0.6) is 0 Å². The van der Waals surface area contributed by atoms with Gasteiger partial charge in [-0.25, -0.2) is 0 Å².